The minimum atomic E-state index is -0.297. The molecule has 2 amide bonds. The van der Waals surface area contributed by atoms with E-state index in [4.69, 9.17) is 4.42 Å². The number of nitrogens with zero attached hydrogens (tertiary/aromatic N) is 2. The zero-order chi connectivity index (χ0) is 16.7. The van der Waals surface area contributed by atoms with Crippen molar-refractivity contribution in [3.05, 3.63) is 59.8 Å². The predicted molar refractivity (Wildman–Crippen MR) is 83.4 cm³/mol. The molecule has 1 aromatic heterocycles. The summed E-state index contributed by atoms with van der Waals surface area (Å²) in [4.78, 5) is 28.4. The van der Waals surface area contributed by atoms with Gasteiger partial charge in [0.15, 0.2) is 5.76 Å². The van der Waals surface area contributed by atoms with Gasteiger partial charge in [0, 0.05) is 32.1 Å². The standard InChI is InChI=1S/C18H17FN2O3/c19-14-4-1-3-12(7-14)8-20-9-13-10-21(11-15(13)17(20)22)18(23)16-5-2-6-24-16/h1-7,13,15H,8-11H2/t13-,15+/m1/s1. The lowest BCUT2D eigenvalue weighted by atomic mass is 10.0. The van der Waals surface area contributed by atoms with Gasteiger partial charge in [0.05, 0.1) is 12.2 Å². The van der Waals surface area contributed by atoms with Crippen molar-refractivity contribution in [2.45, 2.75) is 6.54 Å². The van der Waals surface area contributed by atoms with Crippen LogP contribution >= 0.6 is 0 Å². The van der Waals surface area contributed by atoms with Gasteiger partial charge in [-0.05, 0) is 29.8 Å². The number of amides is 2. The molecule has 0 spiro atoms. The van der Waals surface area contributed by atoms with Crippen molar-refractivity contribution in [1.29, 1.82) is 0 Å². The second-order valence-electron chi connectivity index (χ2n) is 6.40. The molecule has 0 radical (unpaired) electrons. The summed E-state index contributed by atoms with van der Waals surface area (Å²) in [6.07, 6.45) is 1.47. The SMILES string of the molecule is O=C(c1ccco1)N1C[C@H]2CN(Cc3cccc(F)c3)C(=O)[C@H]2C1. The van der Waals surface area contributed by atoms with E-state index in [9.17, 15) is 14.0 Å². The smallest absolute Gasteiger partial charge is 0.289 e. The zero-order valence-corrected chi connectivity index (χ0v) is 13.0. The van der Waals surface area contributed by atoms with E-state index in [1.54, 1.807) is 28.0 Å². The van der Waals surface area contributed by atoms with Crippen LogP contribution in [0.4, 0.5) is 4.39 Å². The Kier molecular flexibility index (Phi) is 3.59. The van der Waals surface area contributed by atoms with Crippen molar-refractivity contribution in [3.8, 4) is 0 Å². The lowest BCUT2D eigenvalue weighted by molar-refractivity contribution is -0.131. The lowest BCUT2D eigenvalue weighted by Gasteiger charge is -2.21. The summed E-state index contributed by atoms with van der Waals surface area (Å²) in [5.41, 5.74) is 0.784. The van der Waals surface area contributed by atoms with E-state index in [-0.39, 0.29) is 29.5 Å². The molecule has 2 aliphatic heterocycles. The number of hydrogen-bond acceptors (Lipinski definition) is 3. The molecule has 0 saturated carbocycles. The molecule has 4 rings (SSSR count). The Hall–Kier alpha value is -2.63. The molecule has 2 aromatic rings. The first-order chi connectivity index (χ1) is 11.6. The molecule has 0 unspecified atom stereocenters. The van der Waals surface area contributed by atoms with Crippen molar-refractivity contribution >= 4 is 11.8 Å². The quantitative estimate of drug-likeness (QED) is 0.867. The highest BCUT2D eigenvalue weighted by Gasteiger charge is 2.47. The van der Waals surface area contributed by atoms with Gasteiger partial charge in [-0.15, -0.1) is 0 Å². The molecule has 5 nitrogen and oxygen atoms in total. The van der Waals surface area contributed by atoms with Crippen LogP contribution in [-0.4, -0.2) is 41.2 Å². The normalized spacial score (nSPS) is 23.0. The van der Waals surface area contributed by atoms with Crippen LogP contribution in [0, 0.1) is 17.7 Å². The average Bonchev–Trinajstić information content (AvgIpc) is 3.27. The van der Waals surface area contributed by atoms with Gasteiger partial charge in [0.25, 0.3) is 5.91 Å². The summed E-state index contributed by atoms with van der Waals surface area (Å²) in [6, 6.07) is 9.62. The van der Waals surface area contributed by atoms with Crippen LogP contribution in [0.3, 0.4) is 0 Å². The molecule has 6 heteroatoms. The first-order valence-electron chi connectivity index (χ1n) is 7.98. The number of likely N-dealkylation sites (tertiary alicyclic amines) is 2. The van der Waals surface area contributed by atoms with Gasteiger partial charge in [0.2, 0.25) is 5.91 Å². The molecule has 1 aromatic carbocycles. The van der Waals surface area contributed by atoms with Crippen LogP contribution in [0.25, 0.3) is 0 Å². The van der Waals surface area contributed by atoms with Gasteiger partial charge in [0.1, 0.15) is 5.82 Å². The number of rotatable bonds is 3. The van der Waals surface area contributed by atoms with Crippen molar-refractivity contribution < 1.29 is 18.4 Å². The third kappa shape index (κ3) is 2.58. The van der Waals surface area contributed by atoms with E-state index in [1.807, 2.05) is 6.07 Å². The van der Waals surface area contributed by atoms with E-state index in [0.717, 1.165) is 5.56 Å². The molecule has 2 atom stereocenters. The maximum absolute atomic E-state index is 13.3. The maximum atomic E-state index is 13.3. The van der Waals surface area contributed by atoms with Crippen LogP contribution in [0.5, 0.6) is 0 Å². The Morgan fingerprint density at radius 1 is 1.21 bits per heavy atom. The van der Waals surface area contributed by atoms with Gasteiger partial charge >= 0.3 is 0 Å². The Balaban J connectivity index is 1.42. The van der Waals surface area contributed by atoms with Crippen molar-refractivity contribution in [2.24, 2.45) is 11.8 Å². The summed E-state index contributed by atoms with van der Waals surface area (Å²) in [6.45, 7) is 1.98. The molecule has 24 heavy (non-hydrogen) atoms. The minimum Gasteiger partial charge on any atom is -0.459 e. The first kappa shape index (κ1) is 14.9. The fraction of sp³-hybridized carbons (Fsp3) is 0.333. The van der Waals surface area contributed by atoms with Crippen molar-refractivity contribution in [1.82, 2.24) is 9.80 Å². The van der Waals surface area contributed by atoms with Gasteiger partial charge in [-0.2, -0.15) is 0 Å². The van der Waals surface area contributed by atoms with Crippen molar-refractivity contribution in [3.63, 3.8) is 0 Å². The van der Waals surface area contributed by atoms with Crippen LogP contribution < -0.4 is 0 Å². The minimum absolute atomic E-state index is 0.0407. The third-order valence-corrected chi connectivity index (χ3v) is 4.81. The fourth-order valence-electron chi connectivity index (χ4n) is 3.66. The maximum Gasteiger partial charge on any atom is 0.289 e. The predicted octanol–water partition coefficient (Wildman–Crippen LogP) is 2.15. The molecule has 0 N–H and O–H groups in total. The number of fused-ring (bicyclic) bond motifs is 1. The highest BCUT2D eigenvalue weighted by atomic mass is 19.1. The molecular formula is C18H17FN2O3. The topological polar surface area (TPSA) is 53.8 Å². The van der Waals surface area contributed by atoms with Gasteiger partial charge in [-0.3, -0.25) is 9.59 Å². The van der Waals surface area contributed by atoms with Gasteiger partial charge < -0.3 is 14.2 Å². The Bertz CT molecular complexity index is 774. The fourth-order valence-corrected chi connectivity index (χ4v) is 3.66. The van der Waals surface area contributed by atoms with Crippen molar-refractivity contribution in [2.75, 3.05) is 19.6 Å². The van der Waals surface area contributed by atoms with Gasteiger partial charge in [-0.1, -0.05) is 12.1 Å². The molecule has 124 valence electrons. The number of hydrogen-bond donors (Lipinski definition) is 0. The average molecular weight is 328 g/mol. The summed E-state index contributed by atoms with van der Waals surface area (Å²) in [7, 11) is 0. The number of halogens is 1. The monoisotopic (exact) mass is 328 g/mol. The van der Waals surface area contributed by atoms with Crippen LogP contribution in [0.1, 0.15) is 16.1 Å². The molecule has 0 bridgehead atoms. The van der Waals surface area contributed by atoms with Crippen LogP contribution in [0.15, 0.2) is 47.1 Å². The molecular weight excluding hydrogens is 311 g/mol. The lowest BCUT2D eigenvalue weighted by Crippen LogP contribution is -2.35. The second kappa shape index (κ2) is 5.78. The molecule has 0 aliphatic carbocycles. The Morgan fingerprint density at radius 3 is 2.79 bits per heavy atom. The number of benzene rings is 1. The highest BCUT2D eigenvalue weighted by molar-refractivity contribution is 5.93. The van der Waals surface area contributed by atoms with E-state index < -0.39 is 0 Å². The Labute approximate surface area is 138 Å². The highest BCUT2D eigenvalue weighted by Crippen LogP contribution is 2.33. The van der Waals surface area contributed by atoms with E-state index >= 15 is 0 Å². The summed E-state index contributed by atoms with van der Waals surface area (Å²) < 4.78 is 18.4. The number of carbonyl (C=O) groups is 2. The number of carbonyl (C=O) groups excluding carboxylic acids is 2. The van der Waals surface area contributed by atoms with Gasteiger partial charge in [-0.25, -0.2) is 4.39 Å². The van der Waals surface area contributed by atoms with E-state index in [2.05, 4.69) is 0 Å². The Morgan fingerprint density at radius 2 is 2.08 bits per heavy atom. The largest absolute Gasteiger partial charge is 0.459 e. The van der Waals surface area contributed by atoms with E-state index in [0.29, 0.717) is 31.9 Å². The summed E-state index contributed by atoms with van der Waals surface area (Å²) in [5, 5.41) is 0. The summed E-state index contributed by atoms with van der Waals surface area (Å²) >= 11 is 0. The van der Waals surface area contributed by atoms with Crippen LogP contribution in [0.2, 0.25) is 0 Å². The third-order valence-electron chi connectivity index (χ3n) is 4.81. The van der Waals surface area contributed by atoms with Crippen LogP contribution in [-0.2, 0) is 11.3 Å². The first-order valence-corrected chi connectivity index (χ1v) is 7.98. The van der Waals surface area contributed by atoms with E-state index in [1.165, 1.54) is 18.4 Å². The number of furan rings is 1. The molecule has 2 saturated heterocycles. The summed E-state index contributed by atoms with van der Waals surface area (Å²) in [5.74, 6) is -0.158. The molecule has 2 aliphatic rings. The second-order valence-corrected chi connectivity index (χ2v) is 6.40. The zero-order valence-electron chi connectivity index (χ0n) is 13.0. The molecule has 2 fully saturated rings. The molecule has 3 heterocycles.